The molecule has 0 amide bonds. The van der Waals surface area contributed by atoms with Gasteiger partial charge in [0.1, 0.15) is 17.3 Å². The van der Waals surface area contributed by atoms with Crippen LogP contribution in [0.15, 0.2) is 22.6 Å². The first-order chi connectivity index (χ1) is 8.70. The highest BCUT2D eigenvalue weighted by Gasteiger charge is 2.20. The Morgan fingerprint density at radius 2 is 2.11 bits per heavy atom. The molecule has 3 rings (SSSR count). The zero-order chi connectivity index (χ0) is 12.5. The van der Waals surface area contributed by atoms with E-state index in [1.54, 1.807) is 0 Å². The molecule has 0 aliphatic heterocycles. The summed E-state index contributed by atoms with van der Waals surface area (Å²) < 4.78 is 5.61. The molecule has 1 aliphatic rings. The Kier molecular flexibility index (Phi) is 2.88. The molecule has 2 aromatic rings. The number of rotatable bonds is 4. The first kappa shape index (κ1) is 11.4. The molecule has 94 valence electrons. The summed E-state index contributed by atoms with van der Waals surface area (Å²) in [6, 6.07) is 6.53. The van der Waals surface area contributed by atoms with E-state index in [1.807, 2.05) is 32.0 Å². The largest absolute Gasteiger partial charge is 0.460 e. The summed E-state index contributed by atoms with van der Waals surface area (Å²) in [6.45, 7) is 4.66. The lowest BCUT2D eigenvalue weighted by Crippen LogP contribution is -2.17. The standard InChI is InChI=1S/C14H17N3O/c1-9-7-12(13-6-3-10(2)18-13)17-14(16-9)8-15-11-4-5-11/h3,6-7,11,15H,4-5,8H2,1-2H3. The Hall–Kier alpha value is -1.68. The lowest BCUT2D eigenvalue weighted by Gasteiger charge is -2.05. The van der Waals surface area contributed by atoms with Gasteiger partial charge in [0, 0.05) is 11.7 Å². The fourth-order valence-corrected chi connectivity index (χ4v) is 1.93. The molecule has 4 nitrogen and oxygen atoms in total. The van der Waals surface area contributed by atoms with Gasteiger partial charge in [-0.1, -0.05) is 0 Å². The van der Waals surface area contributed by atoms with Crippen LogP contribution >= 0.6 is 0 Å². The molecule has 1 aliphatic carbocycles. The van der Waals surface area contributed by atoms with Crippen LogP contribution in [0.2, 0.25) is 0 Å². The number of hydrogen-bond donors (Lipinski definition) is 1. The van der Waals surface area contributed by atoms with Gasteiger partial charge in [0.2, 0.25) is 0 Å². The molecule has 1 N–H and O–H groups in total. The molecule has 0 spiro atoms. The Bertz CT molecular complexity index is 558. The van der Waals surface area contributed by atoms with E-state index in [2.05, 4.69) is 15.3 Å². The maximum atomic E-state index is 5.61. The molecule has 1 fully saturated rings. The average molecular weight is 243 g/mol. The number of furan rings is 1. The van der Waals surface area contributed by atoms with E-state index < -0.39 is 0 Å². The first-order valence-electron chi connectivity index (χ1n) is 6.35. The topological polar surface area (TPSA) is 51.0 Å². The Balaban J connectivity index is 1.84. The molecule has 0 radical (unpaired) electrons. The molecular weight excluding hydrogens is 226 g/mol. The lowest BCUT2D eigenvalue weighted by molar-refractivity contribution is 0.545. The minimum absolute atomic E-state index is 0.670. The van der Waals surface area contributed by atoms with Gasteiger partial charge < -0.3 is 9.73 Å². The van der Waals surface area contributed by atoms with E-state index in [0.717, 1.165) is 35.3 Å². The molecule has 0 saturated heterocycles. The summed E-state index contributed by atoms with van der Waals surface area (Å²) in [5, 5.41) is 3.43. The zero-order valence-corrected chi connectivity index (χ0v) is 10.7. The van der Waals surface area contributed by atoms with Gasteiger partial charge in [-0.25, -0.2) is 9.97 Å². The number of hydrogen-bond acceptors (Lipinski definition) is 4. The second-order valence-electron chi connectivity index (χ2n) is 4.88. The van der Waals surface area contributed by atoms with Crippen molar-refractivity contribution in [3.63, 3.8) is 0 Å². The fraction of sp³-hybridized carbons (Fsp3) is 0.429. The van der Waals surface area contributed by atoms with Gasteiger partial charge >= 0.3 is 0 Å². The van der Waals surface area contributed by atoms with E-state index in [1.165, 1.54) is 12.8 Å². The van der Waals surface area contributed by atoms with Crippen molar-refractivity contribution in [2.24, 2.45) is 0 Å². The molecule has 18 heavy (non-hydrogen) atoms. The van der Waals surface area contributed by atoms with Crippen molar-refractivity contribution < 1.29 is 4.42 Å². The van der Waals surface area contributed by atoms with Gasteiger partial charge in [0.05, 0.1) is 6.54 Å². The van der Waals surface area contributed by atoms with E-state index in [9.17, 15) is 0 Å². The van der Waals surface area contributed by atoms with Gasteiger partial charge in [0.25, 0.3) is 0 Å². The van der Waals surface area contributed by atoms with Crippen molar-refractivity contribution in [2.45, 2.75) is 39.3 Å². The van der Waals surface area contributed by atoms with E-state index in [0.29, 0.717) is 6.04 Å². The van der Waals surface area contributed by atoms with Crippen LogP contribution in [0, 0.1) is 13.8 Å². The summed E-state index contributed by atoms with van der Waals surface area (Å²) in [4.78, 5) is 9.00. The SMILES string of the molecule is Cc1cc(-c2ccc(C)o2)nc(CNC2CC2)n1. The maximum Gasteiger partial charge on any atom is 0.152 e. The van der Waals surface area contributed by atoms with Gasteiger partial charge in [-0.2, -0.15) is 0 Å². The van der Waals surface area contributed by atoms with Crippen LogP contribution in [0.3, 0.4) is 0 Å². The van der Waals surface area contributed by atoms with Crippen LogP contribution in [0.5, 0.6) is 0 Å². The van der Waals surface area contributed by atoms with Crippen molar-refractivity contribution in [3.05, 3.63) is 35.5 Å². The van der Waals surface area contributed by atoms with Gasteiger partial charge in [-0.3, -0.25) is 0 Å². The lowest BCUT2D eigenvalue weighted by atomic mass is 10.2. The summed E-state index contributed by atoms with van der Waals surface area (Å²) in [5.41, 5.74) is 1.84. The minimum atomic E-state index is 0.670. The van der Waals surface area contributed by atoms with E-state index >= 15 is 0 Å². The van der Waals surface area contributed by atoms with Crippen molar-refractivity contribution in [1.29, 1.82) is 0 Å². The monoisotopic (exact) mass is 243 g/mol. The minimum Gasteiger partial charge on any atom is -0.460 e. The number of nitrogens with zero attached hydrogens (tertiary/aromatic N) is 2. The normalized spacial score (nSPS) is 15.0. The molecule has 2 aromatic heterocycles. The first-order valence-corrected chi connectivity index (χ1v) is 6.35. The smallest absolute Gasteiger partial charge is 0.152 e. The van der Waals surface area contributed by atoms with Gasteiger partial charge in [-0.15, -0.1) is 0 Å². The third kappa shape index (κ3) is 2.59. The fourth-order valence-electron chi connectivity index (χ4n) is 1.93. The molecule has 1 saturated carbocycles. The van der Waals surface area contributed by atoms with Crippen molar-refractivity contribution in [3.8, 4) is 11.5 Å². The quantitative estimate of drug-likeness (QED) is 0.896. The number of nitrogens with one attached hydrogen (secondary N) is 1. The van der Waals surface area contributed by atoms with Gasteiger partial charge in [0.15, 0.2) is 5.76 Å². The van der Waals surface area contributed by atoms with Crippen LogP contribution < -0.4 is 5.32 Å². The van der Waals surface area contributed by atoms with Crippen molar-refractivity contribution >= 4 is 0 Å². The molecule has 2 heterocycles. The third-order valence-corrected chi connectivity index (χ3v) is 3.02. The predicted molar refractivity (Wildman–Crippen MR) is 69.1 cm³/mol. The summed E-state index contributed by atoms with van der Waals surface area (Å²) >= 11 is 0. The second-order valence-corrected chi connectivity index (χ2v) is 4.88. The molecule has 0 aromatic carbocycles. The average Bonchev–Trinajstić information content (AvgIpc) is 3.07. The molecule has 0 atom stereocenters. The Morgan fingerprint density at radius 3 is 2.78 bits per heavy atom. The van der Waals surface area contributed by atoms with Crippen LogP contribution in [0.25, 0.3) is 11.5 Å². The molecular formula is C14H17N3O. The molecule has 0 unspecified atom stereocenters. The van der Waals surface area contributed by atoms with Crippen LogP contribution in [-0.4, -0.2) is 16.0 Å². The van der Waals surface area contributed by atoms with Gasteiger partial charge in [-0.05, 0) is 44.9 Å². The van der Waals surface area contributed by atoms with Crippen LogP contribution in [0.1, 0.15) is 30.1 Å². The van der Waals surface area contributed by atoms with Crippen molar-refractivity contribution in [1.82, 2.24) is 15.3 Å². The van der Waals surface area contributed by atoms with Crippen LogP contribution in [0.4, 0.5) is 0 Å². The molecule has 4 heteroatoms. The highest BCUT2D eigenvalue weighted by Crippen LogP contribution is 2.21. The predicted octanol–water partition coefficient (Wildman–Crippen LogP) is 2.61. The highest BCUT2D eigenvalue weighted by molar-refractivity contribution is 5.52. The Morgan fingerprint density at radius 1 is 1.28 bits per heavy atom. The molecule has 0 bridgehead atoms. The Labute approximate surface area is 106 Å². The van der Waals surface area contributed by atoms with E-state index in [-0.39, 0.29) is 0 Å². The third-order valence-electron chi connectivity index (χ3n) is 3.02. The highest BCUT2D eigenvalue weighted by atomic mass is 16.3. The van der Waals surface area contributed by atoms with Crippen molar-refractivity contribution in [2.75, 3.05) is 0 Å². The second kappa shape index (κ2) is 4.53. The number of aromatic nitrogens is 2. The summed E-state index contributed by atoms with van der Waals surface area (Å²) in [6.07, 6.45) is 2.55. The maximum absolute atomic E-state index is 5.61. The van der Waals surface area contributed by atoms with Crippen LogP contribution in [-0.2, 0) is 6.54 Å². The summed E-state index contributed by atoms with van der Waals surface area (Å²) in [5.74, 6) is 2.55. The zero-order valence-electron chi connectivity index (χ0n) is 10.7. The number of aryl methyl sites for hydroxylation is 2. The summed E-state index contributed by atoms with van der Waals surface area (Å²) in [7, 11) is 0. The van der Waals surface area contributed by atoms with E-state index in [4.69, 9.17) is 4.42 Å².